The molecule has 0 saturated carbocycles. The van der Waals surface area contributed by atoms with Crippen LogP contribution in [0.25, 0.3) is 0 Å². The molecule has 1 unspecified atom stereocenters. The van der Waals surface area contributed by atoms with Gasteiger partial charge in [0, 0.05) is 5.69 Å². The lowest BCUT2D eigenvalue weighted by molar-refractivity contribution is -0.116. The maximum Gasteiger partial charge on any atom is 0.238 e. The van der Waals surface area contributed by atoms with E-state index < -0.39 is 0 Å². The number of benzene rings is 1. The van der Waals surface area contributed by atoms with E-state index in [9.17, 15) is 4.79 Å². The largest absolute Gasteiger partial charge is 0.497 e. The Morgan fingerprint density at radius 3 is 2.45 bits per heavy atom. The summed E-state index contributed by atoms with van der Waals surface area (Å²) >= 11 is 2.97. The first kappa shape index (κ1) is 16.8. The van der Waals surface area contributed by atoms with E-state index in [2.05, 4.69) is 15.5 Å². The van der Waals surface area contributed by atoms with Gasteiger partial charge in [-0.1, -0.05) is 36.9 Å². The van der Waals surface area contributed by atoms with Gasteiger partial charge in [-0.15, -0.1) is 10.2 Å². The molecule has 0 spiro atoms. The van der Waals surface area contributed by atoms with E-state index in [0.717, 1.165) is 20.8 Å². The van der Waals surface area contributed by atoms with Gasteiger partial charge >= 0.3 is 0 Å². The first-order chi connectivity index (χ1) is 10.5. The van der Waals surface area contributed by atoms with Crippen LogP contribution in [-0.4, -0.2) is 28.5 Å². The third-order valence-corrected chi connectivity index (χ3v) is 5.42. The average molecular weight is 337 g/mol. The SMILES string of the molecule is COc1ccc(NC(=O)C(Sc2nnc(C)s2)C(C)C)cc1. The second kappa shape index (κ2) is 7.60. The summed E-state index contributed by atoms with van der Waals surface area (Å²) in [5, 5.41) is 11.7. The Labute approximate surface area is 138 Å². The van der Waals surface area contributed by atoms with Gasteiger partial charge in [-0.05, 0) is 37.1 Å². The van der Waals surface area contributed by atoms with Crippen LogP contribution in [0.15, 0.2) is 28.6 Å². The smallest absolute Gasteiger partial charge is 0.238 e. The maximum atomic E-state index is 12.5. The highest BCUT2D eigenvalue weighted by Crippen LogP contribution is 2.31. The molecular weight excluding hydrogens is 318 g/mol. The summed E-state index contributed by atoms with van der Waals surface area (Å²) in [6, 6.07) is 7.30. The second-order valence-electron chi connectivity index (χ2n) is 5.09. The van der Waals surface area contributed by atoms with Crippen LogP contribution >= 0.6 is 23.1 Å². The highest BCUT2D eigenvalue weighted by molar-refractivity contribution is 8.02. The van der Waals surface area contributed by atoms with Crippen LogP contribution in [-0.2, 0) is 4.79 Å². The number of rotatable bonds is 6. The monoisotopic (exact) mass is 337 g/mol. The quantitative estimate of drug-likeness (QED) is 0.816. The number of nitrogens with one attached hydrogen (secondary N) is 1. The van der Waals surface area contributed by atoms with Gasteiger partial charge in [0.15, 0.2) is 4.34 Å². The topological polar surface area (TPSA) is 64.1 Å². The fourth-order valence-electron chi connectivity index (χ4n) is 1.81. The predicted octanol–water partition coefficient (Wildman–Crippen LogP) is 3.61. The first-order valence-electron chi connectivity index (χ1n) is 6.91. The molecule has 7 heteroatoms. The molecule has 0 fully saturated rings. The number of hydrogen-bond acceptors (Lipinski definition) is 6. The number of carbonyl (C=O) groups is 1. The third-order valence-electron chi connectivity index (χ3n) is 2.96. The molecule has 118 valence electrons. The Kier molecular flexibility index (Phi) is 5.79. The van der Waals surface area contributed by atoms with E-state index in [1.165, 1.54) is 23.1 Å². The summed E-state index contributed by atoms with van der Waals surface area (Å²) < 4.78 is 5.93. The van der Waals surface area contributed by atoms with Crippen molar-refractivity contribution in [1.29, 1.82) is 0 Å². The average Bonchev–Trinajstić information content (AvgIpc) is 2.90. The molecule has 1 N–H and O–H groups in total. The molecule has 2 rings (SSSR count). The minimum absolute atomic E-state index is 0.0296. The van der Waals surface area contributed by atoms with Crippen LogP contribution in [0.3, 0.4) is 0 Å². The standard InChI is InChI=1S/C15H19N3O2S2/c1-9(2)13(22-15-18-17-10(3)21-15)14(19)16-11-5-7-12(20-4)8-6-11/h5-9,13H,1-4H3,(H,16,19). The molecular formula is C15H19N3O2S2. The number of nitrogens with zero attached hydrogens (tertiary/aromatic N) is 2. The minimum atomic E-state index is -0.213. The van der Waals surface area contributed by atoms with Crippen LogP contribution in [0.5, 0.6) is 5.75 Å². The lowest BCUT2D eigenvalue weighted by Crippen LogP contribution is -2.29. The fraction of sp³-hybridized carbons (Fsp3) is 0.400. The molecule has 0 saturated heterocycles. The lowest BCUT2D eigenvalue weighted by Gasteiger charge is -2.18. The molecule has 1 aromatic heterocycles. The van der Waals surface area contributed by atoms with Gasteiger partial charge in [-0.2, -0.15) is 0 Å². The summed E-state index contributed by atoms with van der Waals surface area (Å²) in [7, 11) is 1.61. The Bertz CT molecular complexity index is 626. The lowest BCUT2D eigenvalue weighted by atomic mass is 10.1. The number of hydrogen-bond donors (Lipinski definition) is 1. The van der Waals surface area contributed by atoms with Gasteiger partial charge in [-0.3, -0.25) is 4.79 Å². The van der Waals surface area contributed by atoms with Gasteiger partial charge in [0.25, 0.3) is 0 Å². The highest BCUT2D eigenvalue weighted by Gasteiger charge is 2.25. The van der Waals surface area contributed by atoms with Crippen molar-refractivity contribution in [3.63, 3.8) is 0 Å². The molecule has 2 aromatic rings. The second-order valence-corrected chi connectivity index (χ2v) is 7.66. The van der Waals surface area contributed by atoms with E-state index in [1.54, 1.807) is 7.11 Å². The number of carbonyl (C=O) groups excluding carboxylic acids is 1. The van der Waals surface area contributed by atoms with Crippen molar-refractivity contribution in [2.75, 3.05) is 12.4 Å². The van der Waals surface area contributed by atoms with Crippen LogP contribution in [0, 0.1) is 12.8 Å². The first-order valence-corrected chi connectivity index (χ1v) is 8.61. The molecule has 0 radical (unpaired) electrons. The summed E-state index contributed by atoms with van der Waals surface area (Å²) in [5.74, 6) is 0.919. The maximum absolute atomic E-state index is 12.5. The number of thioether (sulfide) groups is 1. The van der Waals surface area contributed by atoms with Crippen molar-refractivity contribution < 1.29 is 9.53 Å². The molecule has 22 heavy (non-hydrogen) atoms. The Hall–Kier alpha value is -1.60. The molecule has 0 aliphatic heterocycles. The van der Waals surface area contributed by atoms with Crippen molar-refractivity contribution in [2.24, 2.45) is 5.92 Å². The highest BCUT2D eigenvalue weighted by atomic mass is 32.2. The number of ether oxygens (including phenoxy) is 1. The Morgan fingerprint density at radius 2 is 1.95 bits per heavy atom. The van der Waals surface area contributed by atoms with Crippen molar-refractivity contribution >= 4 is 34.7 Å². The Morgan fingerprint density at radius 1 is 1.27 bits per heavy atom. The molecule has 0 aliphatic rings. The summed E-state index contributed by atoms with van der Waals surface area (Å²) in [5.41, 5.74) is 0.755. The van der Waals surface area contributed by atoms with Crippen LogP contribution in [0.4, 0.5) is 5.69 Å². The van der Waals surface area contributed by atoms with E-state index >= 15 is 0 Å². The van der Waals surface area contributed by atoms with E-state index in [4.69, 9.17) is 4.74 Å². The van der Waals surface area contributed by atoms with Crippen molar-refractivity contribution in [3.8, 4) is 5.75 Å². The molecule has 1 heterocycles. The van der Waals surface area contributed by atoms with Crippen LogP contribution in [0.1, 0.15) is 18.9 Å². The number of aromatic nitrogens is 2. The minimum Gasteiger partial charge on any atom is -0.497 e. The number of amides is 1. The molecule has 1 amide bonds. The number of aryl methyl sites for hydroxylation is 1. The normalized spacial score (nSPS) is 12.2. The molecule has 0 aliphatic carbocycles. The van der Waals surface area contributed by atoms with Crippen LogP contribution < -0.4 is 10.1 Å². The molecule has 1 atom stereocenters. The van der Waals surface area contributed by atoms with Gasteiger partial charge in [0.05, 0.1) is 12.4 Å². The zero-order valence-corrected chi connectivity index (χ0v) is 14.6. The number of methoxy groups -OCH3 is 1. The van der Waals surface area contributed by atoms with Crippen molar-refractivity contribution in [3.05, 3.63) is 29.3 Å². The van der Waals surface area contributed by atoms with E-state index in [-0.39, 0.29) is 17.1 Å². The number of anilines is 1. The van der Waals surface area contributed by atoms with Gasteiger partial charge in [0.2, 0.25) is 5.91 Å². The molecule has 5 nitrogen and oxygen atoms in total. The molecule has 0 bridgehead atoms. The predicted molar refractivity (Wildman–Crippen MR) is 90.8 cm³/mol. The van der Waals surface area contributed by atoms with Crippen molar-refractivity contribution in [2.45, 2.75) is 30.4 Å². The Balaban J connectivity index is 2.05. The molecule has 1 aromatic carbocycles. The zero-order valence-electron chi connectivity index (χ0n) is 13.0. The van der Waals surface area contributed by atoms with Crippen LogP contribution in [0.2, 0.25) is 0 Å². The van der Waals surface area contributed by atoms with Gasteiger partial charge < -0.3 is 10.1 Å². The fourth-order valence-corrected chi connectivity index (χ4v) is 3.84. The van der Waals surface area contributed by atoms with Gasteiger partial charge in [0.1, 0.15) is 10.8 Å². The van der Waals surface area contributed by atoms with Gasteiger partial charge in [-0.25, -0.2) is 0 Å². The summed E-state index contributed by atoms with van der Waals surface area (Å²) in [6.45, 7) is 5.96. The summed E-state index contributed by atoms with van der Waals surface area (Å²) in [6.07, 6.45) is 0. The summed E-state index contributed by atoms with van der Waals surface area (Å²) in [4.78, 5) is 12.5. The van der Waals surface area contributed by atoms with Crippen molar-refractivity contribution in [1.82, 2.24) is 10.2 Å². The van der Waals surface area contributed by atoms with E-state index in [1.807, 2.05) is 45.0 Å². The zero-order chi connectivity index (χ0) is 16.1. The third kappa shape index (κ3) is 4.45. The van der Waals surface area contributed by atoms with E-state index in [0.29, 0.717) is 0 Å².